The van der Waals surface area contributed by atoms with Gasteiger partial charge in [0.05, 0.1) is 24.7 Å². The lowest BCUT2D eigenvalue weighted by Crippen LogP contribution is -2.40. The molecule has 1 aliphatic rings. The molecule has 1 atom stereocenters. The van der Waals surface area contributed by atoms with Gasteiger partial charge in [-0.3, -0.25) is 4.79 Å². The van der Waals surface area contributed by atoms with Gasteiger partial charge in [-0.1, -0.05) is 0 Å². The number of fused-ring (bicyclic) bond motifs is 1. The molecule has 7 heteroatoms. The van der Waals surface area contributed by atoms with Gasteiger partial charge in [-0.2, -0.15) is 0 Å². The van der Waals surface area contributed by atoms with E-state index in [0.717, 1.165) is 30.4 Å². The van der Waals surface area contributed by atoms with E-state index in [1.807, 2.05) is 19.2 Å². The van der Waals surface area contributed by atoms with Gasteiger partial charge in [0.1, 0.15) is 12.0 Å². The molecule has 7 nitrogen and oxygen atoms in total. The van der Waals surface area contributed by atoms with Crippen molar-refractivity contribution in [3.63, 3.8) is 0 Å². The van der Waals surface area contributed by atoms with Crippen LogP contribution < -0.4 is 10.1 Å². The van der Waals surface area contributed by atoms with Crippen LogP contribution in [0.25, 0.3) is 11.0 Å². The van der Waals surface area contributed by atoms with Gasteiger partial charge in [-0.25, -0.2) is 9.97 Å². The van der Waals surface area contributed by atoms with Gasteiger partial charge in [0.15, 0.2) is 0 Å². The van der Waals surface area contributed by atoms with Crippen LogP contribution in [0, 0.1) is 5.92 Å². The third kappa shape index (κ3) is 4.28. The van der Waals surface area contributed by atoms with Crippen LogP contribution in [0.15, 0.2) is 18.6 Å². The second-order valence-electron chi connectivity index (χ2n) is 6.72. The molecule has 0 aromatic carbocycles. The third-order valence-corrected chi connectivity index (χ3v) is 4.54. The number of carbonyl (C=O) groups excluding carboxylic acids is 1. The third-order valence-electron chi connectivity index (χ3n) is 4.54. The van der Waals surface area contributed by atoms with E-state index in [4.69, 9.17) is 9.47 Å². The Hall–Kier alpha value is -2.15. The molecule has 1 amide bonds. The lowest BCUT2D eigenvalue weighted by atomic mass is 9.83. The minimum absolute atomic E-state index is 0.0240. The maximum atomic E-state index is 11.0. The van der Waals surface area contributed by atoms with Crippen LogP contribution in [-0.4, -0.2) is 45.8 Å². The minimum atomic E-state index is -0.0240. The highest BCUT2D eigenvalue weighted by Gasteiger charge is 2.31. The fourth-order valence-corrected chi connectivity index (χ4v) is 3.16. The zero-order valence-electron chi connectivity index (χ0n) is 15.1. The molecule has 2 aromatic heterocycles. The van der Waals surface area contributed by atoms with E-state index >= 15 is 0 Å². The normalized spacial score (nSPS) is 20.9. The summed E-state index contributed by atoms with van der Waals surface area (Å²) in [6.07, 6.45) is 5.79. The molecule has 2 heterocycles. The first-order valence-corrected chi connectivity index (χ1v) is 8.88. The number of nitrogens with one attached hydrogen (secondary N) is 1. The summed E-state index contributed by atoms with van der Waals surface area (Å²) in [5.41, 5.74) is 0.911. The summed E-state index contributed by atoms with van der Waals surface area (Å²) in [7, 11) is 0. The Labute approximate surface area is 147 Å². The van der Waals surface area contributed by atoms with Gasteiger partial charge in [0.2, 0.25) is 11.8 Å². The maximum Gasteiger partial charge on any atom is 0.226 e. The molecule has 0 unspecified atom stereocenters. The molecule has 25 heavy (non-hydrogen) atoms. The Morgan fingerprint density at radius 3 is 2.96 bits per heavy atom. The Balaban J connectivity index is 1.43. The predicted molar refractivity (Wildman–Crippen MR) is 94.4 cm³/mol. The van der Waals surface area contributed by atoms with Crippen LogP contribution in [0.1, 0.15) is 33.6 Å². The number of hydrogen-bond acceptors (Lipinski definition) is 5. The molecule has 0 spiro atoms. The van der Waals surface area contributed by atoms with Crippen molar-refractivity contribution < 1.29 is 14.3 Å². The van der Waals surface area contributed by atoms with E-state index in [1.54, 1.807) is 6.33 Å². The first-order chi connectivity index (χ1) is 12.1. The zero-order chi connectivity index (χ0) is 17.8. The minimum Gasteiger partial charge on any atom is -0.477 e. The zero-order valence-corrected chi connectivity index (χ0v) is 15.1. The number of amides is 1. The van der Waals surface area contributed by atoms with Gasteiger partial charge in [0, 0.05) is 25.7 Å². The molecular weight excluding hydrogens is 320 g/mol. The molecule has 1 saturated carbocycles. The summed E-state index contributed by atoms with van der Waals surface area (Å²) in [6.45, 7) is 7.62. The standard InChI is InChI=1S/C18H26N4O3/c1-4-22-6-5-16-17(22)19-11-20-18(16)25-10-14-7-15(8-14)24-9-12(2)21-13(3)23/h5-6,11-12,14-15H,4,7-10H2,1-3H3,(H,21,23)/t12-,14-,15-/m0/s1. The highest BCUT2D eigenvalue weighted by Crippen LogP contribution is 2.31. The topological polar surface area (TPSA) is 78.3 Å². The highest BCUT2D eigenvalue weighted by molar-refractivity contribution is 5.81. The van der Waals surface area contributed by atoms with Crippen LogP contribution in [0.5, 0.6) is 5.88 Å². The molecule has 0 aliphatic heterocycles. The fraction of sp³-hybridized carbons (Fsp3) is 0.611. The molecule has 0 saturated heterocycles. The monoisotopic (exact) mass is 346 g/mol. The molecule has 1 N–H and O–H groups in total. The first kappa shape index (κ1) is 17.7. The van der Waals surface area contributed by atoms with Crippen LogP contribution in [0.3, 0.4) is 0 Å². The average Bonchev–Trinajstić information content (AvgIpc) is 2.96. The Kier molecular flexibility index (Phi) is 5.53. The number of rotatable bonds is 8. The Bertz CT molecular complexity index is 724. The predicted octanol–water partition coefficient (Wildman–Crippen LogP) is 2.15. The molecule has 0 radical (unpaired) electrons. The average molecular weight is 346 g/mol. The smallest absolute Gasteiger partial charge is 0.226 e. The number of ether oxygens (including phenoxy) is 2. The second kappa shape index (κ2) is 7.82. The summed E-state index contributed by atoms with van der Waals surface area (Å²) >= 11 is 0. The van der Waals surface area contributed by atoms with Crippen molar-refractivity contribution in [3.8, 4) is 5.88 Å². The van der Waals surface area contributed by atoms with Crippen LogP contribution in [0.2, 0.25) is 0 Å². The molecule has 1 fully saturated rings. The van der Waals surface area contributed by atoms with E-state index in [-0.39, 0.29) is 18.1 Å². The number of aryl methyl sites for hydroxylation is 1. The number of carbonyl (C=O) groups is 1. The Morgan fingerprint density at radius 1 is 1.44 bits per heavy atom. The SMILES string of the molecule is CCn1ccc2c(OC[C@H]3C[C@H](OC[C@H](C)NC(C)=O)C3)ncnc21. The Morgan fingerprint density at radius 2 is 2.24 bits per heavy atom. The van der Waals surface area contributed by atoms with Gasteiger partial charge in [-0.05, 0) is 38.7 Å². The molecule has 0 bridgehead atoms. The van der Waals surface area contributed by atoms with Crippen molar-refractivity contribution in [3.05, 3.63) is 18.6 Å². The largest absolute Gasteiger partial charge is 0.477 e. The molecular formula is C18H26N4O3. The van der Waals surface area contributed by atoms with Crippen LogP contribution in [-0.2, 0) is 16.1 Å². The summed E-state index contributed by atoms with van der Waals surface area (Å²) < 4.78 is 13.8. The van der Waals surface area contributed by atoms with Crippen LogP contribution in [0.4, 0.5) is 0 Å². The molecule has 3 rings (SSSR count). The van der Waals surface area contributed by atoms with Gasteiger partial charge in [-0.15, -0.1) is 0 Å². The quantitative estimate of drug-likeness (QED) is 0.792. The number of nitrogens with zero attached hydrogens (tertiary/aromatic N) is 3. The number of hydrogen-bond donors (Lipinski definition) is 1. The van der Waals surface area contributed by atoms with Crippen molar-refractivity contribution in [2.24, 2.45) is 5.92 Å². The lowest BCUT2D eigenvalue weighted by molar-refractivity contribution is -0.120. The van der Waals surface area contributed by atoms with E-state index in [2.05, 4.69) is 26.8 Å². The van der Waals surface area contributed by atoms with Crippen molar-refractivity contribution in [1.82, 2.24) is 19.9 Å². The first-order valence-electron chi connectivity index (χ1n) is 8.88. The van der Waals surface area contributed by atoms with Crippen molar-refractivity contribution in [2.75, 3.05) is 13.2 Å². The van der Waals surface area contributed by atoms with Gasteiger partial charge >= 0.3 is 0 Å². The molecule has 1 aliphatic carbocycles. The lowest BCUT2D eigenvalue weighted by Gasteiger charge is -2.35. The maximum absolute atomic E-state index is 11.0. The van der Waals surface area contributed by atoms with Gasteiger partial charge < -0.3 is 19.4 Å². The van der Waals surface area contributed by atoms with E-state index < -0.39 is 0 Å². The molecule has 2 aromatic rings. The van der Waals surface area contributed by atoms with Crippen molar-refractivity contribution in [2.45, 2.75) is 52.3 Å². The summed E-state index contributed by atoms with van der Waals surface area (Å²) in [5, 5.41) is 3.78. The van der Waals surface area contributed by atoms with E-state index in [0.29, 0.717) is 25.0 Å². The second-order valence-corrected chi connectivity index (χ2v) is 6.72. The van der Waals surface area contributed by atoms with Crippen LogP contribution >= 0.6 is 0 Å². The fourth-order valence-electron chi connectivity index (χ4n) is 3.16. The summed E-state index contributed by atoms with van der Waals surface area (Å²) in [5.74, 6) is 1.12. The van der Waals surface area contributed by atoms with Crippen molar-refractivity contribution >= 4 is 16.9 Å². The van der Waals surface area contributed by atoms with Crippen molar-refractivity contribution in [1.29, 1.82) is 0 Å². The molecule has 136 valence electrons. The van der Waals surface area contributed by atoms with E-state index in [9.17, 15) is 4.79 Å². The number of aromatic nitrogens is 3. The van der Waals surface area contributed by atoms with E-state index in [1.165, 1.54) is 6.92 Å². The van der Waals surface area contributed by atoms with Gasteiger partial charge in [0.25, 0.3) is 0 Å². The highest BCUT2D eigenvalue weighted by atomic mass is 16.5. The summed E-state index contributed by atoms with van der Waals surface area (Å²) in [4.78, 5) is 19.6. The summed E-state index contributed by atoms with van der Waals surface area (Å²) in [6, 6.07) is 2.05.